The zero-order chi connectivity index (χ0) is 18.4. The lowest BCUT2D eigenvalue weighted by Gasteiger charge is -2.22. The molecular formula is C19H26ClN3O2S. The Hall–Kier alpha value is -1.24. The lowest BCUT2D eigenvalue weighted by molar-refractivity contribution is -0.121. The fraction of sp³-hybridized carbons (Fsp3) is 0.579. The predicted octanol–water partition coefficient (Wildman–Crippen LogP) is 4.27. The molecule has 1 aliphatic carbocycles. The zero-order valence-electron chi connectivity index (χ0n) is 15.2. The van der Waals surface area contributed by atoms with Gasteiger partial charge in [0.05, 0.1) is 17.6 Å². The number of methoxy groups -OCH3 is 1. The van der Waals surface area contributed by atoms with Gasteiger partial charge in [0.2, 0.25) is 5.91 Å². The second-order valence-electron chi connectivity index (χ2n) is 6.67. The average molecular weight is 396 g/mol. The third-order valence-corrected chi connectivity index (χ3v) is 5.94. The lowest BCUT2D eigenvalue weighted by Crippen LogP contribution is -2.36. The highest BCUT2D eigenvalue weighted by atomic mass is 35.5. The van der Waals surface area contributed by atoms with Gasteiger partial charge in [0.1, 0.15) is 0 Å². The van der Waals surface area contributed by atoms with Crippen LogP contribution in [0.3, 0.4) is 0 Å². The van der Waals surface area contributed by atoms with Gasteiger partial charge in [-0.25, -0.2) is 4.98 Å². The normalized spacial score (nSPS) is 15.5. The number of ether oxygens (including phenoxy) is 1. The largest absolute Gasteiger partial charge is 0.383 e. The number of hydrogen-bond donors (Lipinski definition) is 1. The van der Waals surface area contributed by atoms with Gasteiger partial charge >= 0.3 is 0 Å². The molecule has 0 bridgehead atoms. The van der Waals surface area contributed by atoms with Gasteiger partial charge in [-0.15, -0.1) is 0 Å². The molecule has 0 saturated heterocycles. The van der Waals surface area contributed by atoms with E-state index in [0.717, 1.165) is 35.6 Å². The van der Waals surface area contributed by atoms with E-state index in [2.05, 4.69) is 9.88 Å². The molecule has 0 spiro atoms. The quantitative estimate of drug-likeness (QED) is 0.678. The molecule has 1 fully saturated rings. The van der Waals surface area contributed by atoms with Crippen molar-refractivity contribution in [2.75, 3.05) is 19.5 Å². The molecule has 142 valence electrons. The molecule has 3 rings (SSSR count). The number of halogens is 1. The molecule has 26 heavy (non-hydrogen) atoms. The molecule has 1 aliphatic rings. The Morgan fingerprint density at radius 3 is 2.96 bits per heavy atom. The second-order valence-corrected chi connectivity index (χ2v) is 8.17. The molecule has 1 heterocycles. The highest BCUT2D eigenvalue weighted by Crippen LogP contribution is 2.27. The van der Waals surface area contributed by atoms with Crippen LogP contribution >= 0.6 is 23.4 Å². The molecule has 0 atom stereocenters. The summed E-state index contributed by atoms with van der Waals surface area (Å²) in [6.45, 7) is 1.34. The molecular weight excluding hydrogens is 370 g/mol. The highest BCUT2D eigenvalue weighted by Gasteiger charge is 2.16. The van der Waals surface area contributed by atoms with Crippen LogP contribution in [0.25, 0.3) is 11.0 Å². The Morgan fingerprint density at radius 1 is 1.38 bits per heavy atom. The van der Waals surface area contributed by atoms with E-state index in [-0.39, 0.29) is 5.91 Å². The van der Waals surface area contributed by atoms with Gasteiger partial charge in [-0.3, -0.25) is 4.79 Å². The zero-order valence-corrected chi connectivity index (χ0v) is 16.7. The van der Waals surface area contributed by atoms with E-state index in [9.17, 15) is 4.79 Å². The molecule has 1 aromatic heterocycles. The van der Waals surface area contributed by atoms with E-state index < -0.39 is 0 Å². The van der Waals surface area contributed by atoms with Crippen LogP contribution in [0.2, 0.25) is 5.02 Å². The van der Waals surface area contributed by atoms with Crippen molar-refractivity contribution in [3.63, 3.8) is 0 Å². The molecule has 1 N–H and O–H groups in total. The van der Waals surface area contributed by atoms with Gasteiger partial charge in [0, 0.05) is 36.9 Å². The van der Waals surface area contributed by atoms with Crippen molar-refractivity contribution in [3.05, 3.63) is 23.2 Å². The molecule has 1 aromatic carbocycles. The summed E-state index contributed by atoms with van der Waals surface area (Å²) >= 11 is 7.70. The minimum absolute atomic E-state index is 0.145. The van der Waals surface area contributed by atoms with Crippen LogP contribution in [0.5, 0.6) is 0 Å². The molecule has 1 amide bonds. The second kappa shape index (κ2) is 9.62. The predicted molar refractivity (Wildman–Crippen MR) is 107 cm³/mol. The summed E-state index contributed by atoms with van der Waals surface area (Å²) in [5.41, 5.74) is 1.92. The molecule has 5 nitrogen and oxygen atoms in total. The Labute approximate surface area is 163 Å². The van der Waals surface area contributed by atoms with Crippen molar-refractivity contribution >= 4 is 40.3 Å². The minimum Gasteiger partial charge on any atom is -0.383 e. The van der Waals surface area contributed by atoms with Crippen molar-refractivity contribution in [2.24, 2.45) is 0 Å². The third kappa shape index (κ3) is 5.15. The number of thioether (sulfide) groups is 1. The number of carbonyl (C=O) groups excluding carboxylic acids is 1. The maximum absolute atomic E-state index is 12.2. The number of fused-ring (bicyclic) bond motifs is 1. The van der Waals surface area contributed by atoms with E-state index >= 15 is 0 Å². The van der Waals surface area contributed by atoms with Crippen LogP contribution in [0.15, 0.2) is 23.4 Å². The molecule has 0 unspecified atom stereocenters. The number of rotatable bonds is 8. The standard InChI is InChI=1S/C19H26ClN3O2S/c1-25-11-10-23-17-8-7-14(20)13-16(17)22-19(23)26-12-9-18(24)21-15-5-3-2-4-6-15/h7-8,13,15H,2-6,9-12H2,1H3,(H,21,24). The monoisotopic (exact) mass is 395 g/mol. The van der Waals surface area contributed by atoms with Crippen LogP contribution < -0.4 is 5.32 Å². The van der Waals surface area contributed by atoms with Crippen LogP contribution in [0.1, 0.15) is 38.5 Å². The summed E-state index contributed by atoms with van der Waals surface area (Å²) in [5, 5.41) is 4.76. The Balaban J connectivity index is 1.59. The summed E-state index contributed by atoms with van der Waals surface area (Å²) in [5.74, 6) is 0.856. The number of imidazole rings is 1. The average Bonchev–Trinajstić information content (AvgIpc) is 2.97. The van der Waals surface area contributed by atoms with E-state index in [0.29, 0.717) is 29.8 Å². The number of carbonyl (C=O) groups is 1. The van der Waals surface area contributed by atoms with Gasteiger partial charge < -0.3 is 14.6 Å². The summed E-state index contributed by atoms with van der Waals surface area (Å²) in [6.07, 6.45) is 6.50. The first kappa shape index (κ1) is 19.5. The number of amides is 1. The number of nitrogens with zero attached hydrogens (tertiary/aromatic N) is 2. The lowest BCUT2D eigenvalue weighted by atomic mass is 9.95. The molecule has 0 aliphatic heterocycles. The molecule has 7 heteroatoms. The van der Waals surface area contributed by atoms with Gasteiger partial charge in [-0.1, -0.05) is 42.6 Å². The van der Waals surface area contributed by atoms with Crippen LogP contribution in [-0.4, -0.2) is 41.0 Å². The minimum atomic E-state index is 0.145. The van der Waals surface area contributed by atoms with Gasteiger partial charge in [-0.2, -0.15) is 0 Å². The SMILES string of the molecule is COCCn1c(SCCC(=O)NC2CCCCC2)nc2cc(Cl)ccc21. The third-order valence-electron chi connectivity index (χ3n) is 4.72. The maximum Gasteiger partial charge on any atom is 0.221 e. The van der Waals surface area contributed by atoms with Crippen LogP contribution in [-0.2, 0) is 16.1 Å². The molecule has 1 saturated carbocycles. The van der Waals surface area contributed by atoms with Gasteiger partial charge in [0.25, 0.3) is 0 Å². The van der Waals surface area contributed by atoms with Crippen molar-refractivity contribution in [3.8, 4) is 0 Å². The van der Waals surface area contributed by atoms with Crippen molar-refractivity contribution in [1.29, 1.82) is 0 Å². The maximum atomic E-state index is 12.2. The summed E-state index contributed by atoms with van der Waals surface area (Å²) in [6, 6.07) is 6.11. The number of nitrogens with one attached hydrogen (secondary N) is 1. The number of hydrogen-bond acceptors (Lipinski definition) is 4. The van der Waals surface area contributed by atoms with Crippen LogP contribution in [0.4, 0.5) is 0 Å². The van der Waals surface area contributed by atoms with Crippen LogP contribution in [0, 0.1) is 0 Å². The van der Waals surface area contributed by atoms with Gasteiger partial charge in [0.15, 0.2) is 5.16 Å². The molecule has 2 aromatic rings. The smallest absolute Gasteiger partial charge is 0.221 e. The van der Waals surface area contributed by atoms with Crippen molar-refractivity contribution in [1.82, 2.24) is 14.9 Å². The fourth-order valence-electron chi connectivity index (χ4n) is 3.37. The number of benzene rings is 1. The Morgan fingerprint density at radius 2 is 2.19 bits per heavy atom. The van der Waals surface area contributed by atoms with E-state index in [4.69, 9.17) is 21.3 Å². The summed E-state index contributed by atoms with van der Waals surface area (Å²) < 4.78 is 7.36. The summed E-state index contributed by atoms with van der Waals surface area (Å²) in [7, 11) is 1.69. The first-order valence-electron chi connectivity index (χ1n) is 9.24. The summed E-state index contributed by atoms with van der Waals surface area (Å²) in [4.78, 5) is 16.9. The number of aromatic nitrogens is 2. The van der Waals surface area contributed by atoms with Gasteiger partial charge in [-0.05, 0) is 31.0 Å². The Bertz CT molecular complexity index is 744. The van der Waals surface area contributed by atoms with Crippen molar-refractivity contribution in [2.45, 2.75) is 56.3 Å². The topological polar surface area (TPSA) is 56.1 Å². The highest BCUT2D eigenvalue weighted by molar-refractivity contribution is 7.99. The molecule has 0 radical (unpaired) electrons. The first-order valence-corrected chi connectivity index (χ1v) is 10.6. The van der Waals surface area contributed by atoms with E-state index in [1.54, 1.807) is 18.9 Å². The fourth-order valence-corrected chi connectivity index (χ4v) is 4.52. The van der Waals surface area contributed by atoms with E-state index in [1.165, 1.54) is 19.3 Å². The Kier molecular flexibility index (Phi) is 7.23. The van der Waals surface area contributed by atoms with Crippen molar-refractivity contribution < 1.29 is 9.53 Å². The first-order chi connectivity index (χ1) is 12.7. The van der Waals surface area contributed by atoms with E-state index in [1.807, 2.05) is 18.2 Å².